The van der Waals surface area contributed by atoms with Gasteiger partial charge in [0, 0.05) is 31.2 Å². The molecule has 0 aromatic heterocycles. The summed E-state index contributed by atoms with van der Waals surface area (Å²) in [6.07, 6.45) is 12.3. The van der Waals surface area contributed by atoms with Gasteiger partial charge in [-0.3, -0.25) is 0 Å². The van der Waals surface area contributed by atoms with E-state index >= 15 is 0 Å². The molecule has 3 nitrogen and oxygen atoms in total. The maximum atomic E-state index is 6.03. The molecule has 0 amide bonds. The topological polar surface area (TPSA) is 24.5 Å². The molecule has 3 heteroatoms. The Morgan fingerprint density at radius 1 is 1.05 bits per heavy atom. The van der Waals surface area contributed by atoms with Crippen molar-refractivity contribution in [3.63, 3.8) is 0 Å². The molecule has 0 bridgehead atoms. The average molecular weight is 309 g/mol. The van der Waals surface area contributed by atoms with E-state index in [-0.39, 0.29) is 5.60 Å². The van der Waals surface area contributed by atoms with Gasteiger partial charge in [-0.15, -0.1) is 0 Å². The molecule has 1 atom stereocenters. The van der Waals surface area contributed by atoms with Crippen LogP contribution in [0.3, 0.4) is 0 Å². The summed E-state index contributed by atoms with van der Waals surface area (Å²) in [6, 6.07) is 0.773. The van der Waals surface area contributed by atoms with E-state index in [0.29, 0.717) is 5.41 Å². The van der Waals surface area contributed by atoms with Gasteiger partial charge in [-0.25, -0.2) is 0 Å². The van der Waals surface area contributed by atoms with Crippen molar-refractivity contribution in [3.05, 3.63) is 0 Å². The van der Waals surface area contributed by atoms with Gasteiger partial charge in [0.15, 0.2) is 0 Å². The Morgan fingerprint density at radius 2 is 1.77 bits per heavy atom. The van der Waals surface area contributed by atoms with Gasteiger partial charge < -0.3 is 15.0 Å². The Bertz CT molecular complexity index is 345. The van der Waals surface area contributed by atoms with Gasteiger partial charge in [-0.2, -0.15) is 0 Å². The van der Waals surface area contributed by atoms with Gasteiger partial charge in [0.1, 0.15) is 0 Å². The van der Waals surface area contributed by atoms with Crippen LogP contribution in [0.4, 0.5) is 0 Å². The maximum absolute atomic E-state index is 6.03. The third kappa shape index (κ3) is 4.46. The van der Waals surface area contributed by atoms with E-state index in [9.17, 15) is 0 Å². The number of nitrogens with zero attached hydrogens (tertiary/aromatic N) is 1. The second-order valence-corrected chi connectivity index (χ2v) is 8.73. The largest absolute Gasteiger partial charge is 0.376 e. The zero-order chi connectivity index (χ0) is 15.5. The lowest BCUT2D eigenvalue weighted by Gasteiger charge is -2.47. The highest BCUT2D eigenvalue weighted by atomic mass is 16.5. The summed E-state index contributed by atoms with van der Waals surface area (Å²) in [4.78, 5) is 2.71. The Hall–Kier alpha value is -0.120. The minimum absolute atomic E-state index is 0.0478. The highest BCUT2D eigenvalue weighted by molar-refractivity contribution is 4.95. The molecule has 22 heavy (non-hydrogen) atoms. The molecule has 0 spiro atoms. The van der Waals surface area contributed by atoms with Crippen LogP contribution in [0.5, 0.6) is 0 Å². The van der Waals surface area contributed by atoms with Gasteiger partial charge in [-0.1, -0.05) is 19.3 Å². The molecular weight excluding hydrogens is 272 g/mol. The van der Waals surface area contributed by atoms with Crippen LogP contribution in [0.15, 0.2) is 0 Å². The van der Waals surface area contributed by atoms with Gasteiger partial charge in [-0.05, 0) is 65.5 Å². The first-order valence-corrected chi connectivity index (χ1v) is 9.67. The van der Waals surface area contributed by atoms with Crippen molar-refractivity contribution in [2.45, 2.75) is 83.3 Å². The molecular formula is C19H36N2O. The number of hydrogen-bond acceptors (Lipinski definition) is 3. The van der Waals surface area contributed by atoms with E-state index in [1.165, 1.54) is 84.0 Å². The van der Waals surface area contributed by atoms with Crippen LogP contribution < -0.4 is 5.32 Å². The van der Waals surface area contributed by atoms with Gasteiger partial charge in [0.2, 0.25) is 0 Å². The lowest BCUT2D eigenvalue weighted by Crippen LogP contribution is -2.53. The number of hydrogen-bond donors (Lipinski definition) is 1. The Morgan fingerprint density at radius 3 is 2.45 bits per heavy atom. The van der Waals surface area contributed by atoms with E-state index in [0.717, 1.165) is 12.6 Å². The van der Waals surface area contributed by atoms with Crippen molar-refractivity contribution in [1.29, 1.82) is 0 Å². The van der Waals surface area contributed by atoms with Crippen LogP contribution in [-0.2, 0) is 4.74 Å². The zero-order valence-electron chi connectivity index (χ0n) is 14.8. The molecule has 0 radical (unpaired) electrons. The molecule has 1 saturated carbocycles. The molecule has 2 aliphatic heterocycles. The summed E-state index contributed by atoms with van der Waals surface area (Å²) in [5.41, 5.74) is 0.468. The third-order valence-electron chi connectivity index (χ3n) is 6.05. The van der Waals surface area contributed by atoms with Crippen LogP contribution in [0.2, 0.25) is 0 Å². The van der Waals surface area contributed by atoms with Gasteiger partial charge in [0.25, 0.3) is 0 Å². The van der Waals surface area contributed by atoms with E-state index in [1.807, 2.05) is 0 Å². The minimum Gasteiger partial charge on any atom is -0.376 e. The molecule has 0 aromatic rings. The fraction of sp³-hybridized carbons (Fsp3) is 1.00. The molecule has 3 aliphatic rings. The Labute approximate surface area is 137 Å². The van der Waals surface area contributed by atoms with E-state index in [2.05, 4.69) is 24.1 Å². The first kappa shape index (κ1) is 16.7. The van der Waals surface area contributed by atoms with Crippen molar-refractivity contribution in [2.24, 2.45) is 5.41 Å². The van der Waals surface area contributed by atoms with Crippen molar-refractivity contribution >= 4 is 0 Å². The first-order chi connectivity index (χ1) is 10.6. The van der Waals surface area contributed by atoms with Crippen LogP contribution in [0, 0.1) is 5.41 Å². The lowest BCUT2D eigenvalue weighted by atomic mass is 9.73. The number of ether oxygens (including phenoxy) is 1. The predicted octanol–water partition coefficient (Wildman–Crippen LogP) is 3.58. The Balaban J connectivity index is 1.62. The highest BCUT2D eigenvalue weighted by Crippen LogP contribution is 2.40. The van der Waals surface area contributed by atoms with Crippen LogP contribution >= 0.6 is 0 Å². The van der Waals surface area contributed by atoms with Crippen molar-refractivity contribution < 1.29 is 4.74 Å². The molecule has 3 fully saturated rings. The summed E-state index contributed by atoms with van der Waals surface area (Å²) in [5, 5.41) is 3.96. The predicted molar refractivity (Wildman–Crippen MR) is 92.2 cm³/mol. The van der Waals surface area contributed by atoms with Crippen LogP contribution in [0.25, 0.3) is 0 Å². The molecule has 1 N–H and O–H groups in total. The summed E-state index contributed by atoms with van der Waals surface area (Å²) in [5.74, 6) is 0. The number of rotatable bonds is 5. The van der Waals surface area contributed by atoms with E-state index in [1.54, 1.807) is 0 Å². The highest BCUT2D eigenvalue weighted by Gasteiger charge is 2.42. The minimum atomic E-state index is 0.0478. The van der Waals surface area contributed by atoms with Crippen molar-refractivity contribution in [3.8, 4) is 0 Å². The SMILES string of the molecule is CC1(C)CC(CNC2CCCCC2)(CN2CCCC2)CCO1. The first-order valence-electron chi connectivity index (χ1n) is 9.67. The average Bonchev–Trinajstić information content (AvgIpc) is 2.98. The van der Waals surface area contributed by atoms with Crippen molar-refractivity contribution in [2.75, 3.05) is 32.8 Å². The monoisotopic (exact) mass is 308 g/mol. The molecule has 2 saturated heterocycles. The molecule has 1 aliphatic carbocycles. The quantitative estimate of drug-likeness (QED) is 0.840. The fourth-order valence-corrected chi connectivity index (χ4v) is 5.01. The molecule has 0 aromatic carbocycles. The van der Waals surface area contributed by atoms with Crippen molar-refractivity contribution in [1.82, 2.24) is 10.2 Å². The smallest absolute Gasteiger partial charge is 0.0632 e. The second-order valence-electron chi connectivity index (χ2n) is 8.73. The van der Waals surface area contributed by atoms with Gasteiger partial charge in [0.05, 0.1) is 5.60 Å². The summed E-state index contributed by atoms with van der Waals surface area (Å²) < 4.78 is 6.03. The van der Waals surface area contributed by atoms with Gasteiger partial charge >= 0.3 is 0 Å². The summed E-state index contributed by atoms with van der Waals surface area (Å²) in [6.45, 7) is 10.6. The third-order valence-corrected chi connectivity index (χ3v) is 6.05. The lowest BCUT2D eigenvalue weighted by molar-refractivity contribution is -0.111. The zero-order valence-corrected chi connectivity index (χ0v) is 14.8. The van der Waals surface area contributed by atoms with Crippen LogP contribution in [-0.4, -0.2) is 49.3 Å². The summed E-state index contributed by atoms with van der Waals surface area (Å²) >= 11 is 0. The standard InChI is InChI=1S/C19H36N2O/c1-18(2)14-19(10-13-22-18,16-21-11-6-7-12-21)15-20-17-8-4-3-5-9-17/h17,20H,3-16H2,1-2H3. The molecule has 1 unspecified atom stereocenters. The van der Waals surface area contributed by atoms with Crippen LogP contribution in [0.1, 0.15) is 71.6 Å². The normalized spacial score (nSPS) is 34.1. The number of likely N-dealkylation sites (tertiary alicyclic amines) is 1. The van der Waals surface area contributed by atoms with E-state index < -0.39 is 0 Å². The summed E-state index contributed by atoms with van der Waals surface area (Å²) in [7, 11) is 0. The van der Waals surface area contributed by atoms with E-state index in [4.69, 9.17) is 4.74 Å². The number of nitrogens with one attached hydrogen (secondary N) is 1. The molecule has 2 heterocycles. The molecule has 3 rings (SSSR count). The fourth-order valence-electron chi connectivity index (χ4n) is 5.01. The Kier molecular flexibility index (Phi) is 5.47. The second kappa shape index (κ2) is 7.19. The maximum Gasteiger partial charge on any atom is 0.0632 e. The molecule has 128 valence electrons.